The molecule has 0 fully saturated rings. The molecule has 0 radical (unpaired) electrons. The molecule has 0 aliphatic heterocycles. The molecule has 0 bridgehead atoms. The second kappa shape index (κ2) is 7.49. The van der Waals surface area contributed by atoms with E-state index in [1.165, 1.54) is 4.68 Å². The molecule has 0 saturated carbocycles. The highest BCUT2D eigenvalue weighted by atomic mass is 79.9. The quantitative estimate of drug-likeness (QED) is 0.538. The monoisotopic (exact) mass is 463 g/mol. The van der Waals surface area contributed by atoms with Gasteiger partial charge in [0.2, 0.25) is 0 Å². The Labute approximate surface area is 161 Å². The molecular formula is C18H15Br2N3O2. The summed E-state index contributed by atoms with van der Waals surface area (Å²) in [5, 5.41) is 4.89. The molecule has 0 amide bonds. The molecule has 0 unspecified atom stereocenters. The Kier molecular flexibility index (Phi) is 5.34. The predicted octanol–water partition coefficient (Wildman–Crippen LogP) is 4.37. The number of benzene rings is 2. The third-order valence-electron chi connectivity index (χ3n) is 3.69. The van der Waals surface area contributed by atoms with Gasteiger partial charge in [-0.2, -0.15) is 9.78 Å². The Balaban J connectivity index is 2.10. The fourth-order valence-corrected chi connectivity index (χ4v) is 3.35. The Morgan fingerprint density at radius 3 is 2.72 bits per heavy atom. The standard InChI is InChI=1S/C18H15Br2N3O2/c1-3-17-22-15-6-5-12(19)9-13(15)18(24)23(17)21-10-11-4-7-16(25-2)14(20)8-11/h4-10H,3H2,1-2H3. The van der Waals surface area contributed by atoms with Crippen LogP contribution in [0.3, 0.4) is 0 Å². The molecule has 3 rings (SSSR count). The van der Waals surface area contributed by atoms with E-state index >= 15 is 0 Å². The minimum atomic E-state index is -0.188. The van der Waals surface area contributed by atoms with Crippen LogP contribution in [0.2, 0.25) is 0 Å². The van der Waals surface area contributed by atoms with Crippen molar-refractivity contribution in [3.8, 4) is 5.75 Å². The summed E-state index contributed by atoms with van der Waals surface area (Å²) in [5.41, 5.74) is 1.33. The van der Waals surface area contributed by atoms with E-state index in [9.17, 15) is 4.79 Å². The van der Waals surface area contributed by atoms with E-state index in [1.807, 2.05) is 37.3 Å². The average molecular weight is 465 g/mol. The fraction of sp³-hybridized carbons (Fsp3) is 0.167. The van der Waals surface area contributed by atoms with E-state index in [4.69, 9.17) is 4.74 Å². The minimum absolute atomic E-state index is 0.188. The van der Waals surface area contributed by atoms with E-state index in [0.29, 0.717) is 23.1 Å². The van der Waals surface area contributed by atoms with E-state index in [2.05, 4.69) is 41.9 Å². The van der Waals surface area contributed by atoms with Crippen LogP contribution >= 0.6 is 31.9 Å². The van der Waals surface area contributed by atoms with Gasteiger partial charge in [0.15, 0.2) is 0 Å². The summed E-state index contributed by atoms with van der Waals surface area (Å²) in [7, 11) is 1.61. The van der Waals surface area contributed by atoms with Gasteiger partial charge in [-0.15, -0.1) is 0 Å². The van der Waals surface area contributed by atoms with Gasteiger partial charge in [0.25, 0.3) is 5.56 Å². The van der Waals surface area contributed by atoms with Crippen LogP contribution in [0.5, 0.6) is 5.75 Å². The second-order valence-corrected chi connectivity index (χ2v) is 7.07. The molecule has 0 aliphatic rings. The fourth-order valence-electron chi connectivity index (χ4n) is 2.43. The Hall–Kier alpha value is -1.99. The lowest BCUT2D eigenvalue weighted by atomic mass is 10.2. The number of ether oxygens (including phenoxy) is 1. The first kappa shape index (κ1) is 17.8. The van der Waals surface area contributed by atoms with E-state index in [0.717, 1.165) is 20.3 Å². The molecule has 0 spiro atoms. The molecule has 0 aliphatic carbocycles. The third-order valence-corrected chi connectivity index (χ3v) is 4.80. The van der Waals surface area contributed by atoms with E-state index < -0.39 is 0 Å². The summed E-state index contributed by atoms with van der Waals surface area (Å²) >= 11 is 6.84. The molecule has 0 atom stereocenters. The van der Waals surface area contributed by atoms with Gasteiger partial charge in [-0.3, -0.25) is 4.79 Å². The van der Waals surface area contributed by atoms with Crippen LogP contribution in [0, 0.1) is 0 Å². The first-order valence-corrected chi connectivity index (χ1v) is 9.21. The van der Waals surface area contributed by atoms with Gasteiger partial charge in [0.05, 0.1) is 28.7 Å². The summed E-state index contributed by atoms with van der Waals surface area (Å²) in [6, 6.07) is 11.1. The van der Waals surface area contributed by atoms with Gasteiger partial charge in [0, 0.05) is 10.9 Å². The lowest BCUT2D eigenvalue weighted by Crippen LogP contribution is -2.22. The molecule has 7 heteroatoms. The van der Waals surface area contributed by atoms with Crippen LogP contribution in [-0.2, 0) is 6.42 Å². The molecule has 1 heterocycles. The van der Waals surface area contributed by atoms with Crippen molar-refractivity contribution >= 4 is 49.0 Å². The van der Waals surface area contributed by atoms with Crippen molar-refractivity contribution < 1.29 is 4.74 Å². The normalized spacial score (nSPS) is 11.4. The van der Waals surface area contributed by atoms with Crippen molar-refractivity contribution in [3.63, 3.8) is 0 Å². The lowest BCUT2D eigenvalue weighted by Gasteiger charge is -2.08. The summed E-state index contributed by atoms with van der Waals surface area (Å²) in [4.78, 5) is 17.4. The molecule has 0 saturated heterocycles. The zero-order valence-corrected chi connectivity index (χ0v) is 16.8. The maximum absolute atomic E-state index is 12.8. The van der Waals surface area contributed by atoms with Gasteiger partial charge in [0.1, 0.15) is 11.6 Å². The Morgan fingerprint density at radius 1 is 1.24 bits per heavy atom. The number of hydrogen-bond donors (Lipinski definition) is 0. The summed E-state index contributed by atoms with van der Waals surface area (Å²) in [5.74, 6) is 1.35. The first-order valence-electron chi connectivity index (χ1n) is 7.62. The van der Waals surface area contributed by atoms with Crippen LogP contribution in [0.25, 0.3) is 10.9 Å². The van der Waals surface area contributed by atoms with E-state index in [-0.39, 0.29) is 5.56 Å². The van der Waals surface area contributed by atoms with Crippen molar-refractivity contribution in [2.75, 3.05) is 7.11 Å². The number of nitrogens with zero attached hydrogens (tertiary/aromatic N) is 3. The summed E-state index contributed by atoms with van der Waals surface area (Å²) in [6.45, 7) is 1.95. The molecule has 5 nitrogen and oxygen atoms in total. The van der Waals surface area contributed by atoms with Crippen molar-refractivity contribution in [2.45, 2.75) is 13.3 Å². The van der Waals surface area contributed by atoms with Gasteiger partial charge >= 0.3 is 0 Å². The number of rotatable bonds is 4. The van der Waals surface area contributed by atoms with Crippen molar-refractivity contribution in [1.29, 1.82) is 0 Å². The molecule has 0 N–H and O–H groups in total. The highest BCUT2D eigenvalue weighted by Crippen LogP contribution is 2.24. The molecule has 1 aromatic heterocycles. The summed E-state index contributed by atoms with van der Waals surface area (Å²) < 4.78 is 8.22. The first-order chi connectivity index (χ1) is 12.0. The lowest BCUT2D eigenvalue weighted by molar-refractivity contribution is 0.412. The third kappa shape index (κ3) is 3.67. The molecule has 2 aromatic carbocycles. The SMILES string of the molecule is CCc1nc2ccc(Br)cc2c(=O)n1N=Cc1ccc(OC)c(Br)c1. The maximum atomic E-state index is 12.8. The predicted molar refractivity (Wildman–Crippen MR) is 107 cm³/mol. The van der Waals surface area contributed by atoms with Crippen LogP contribution in [0.1, 0.15) is 18.3 Å². The number of aryl methyl sites for hydroxylation is 1. The minimum Gasteiger partial charge on any atom is -0.496 e. The number of halogens is 2. The van der Waals surface area contributed by atoms with Crippen molar-refractivity contribution in [3.05, 3.63) is 67.1 Å². The smallest absolute Gasteiger partial charge is 0.282 e. The topological polar surface area (TPSA) is 56.5 Å². The highest BCUT2D eigenvalue weighted by Gasteiger charge is 2.09. The number of hydrogen-bond acceptors (Lipinski definition) is 4. The van der Waals surface area contributed by atoms with Crippen LogP contribution < -0.4 is 10.3 Å². The maximum Gasteiger partial charge on any atom is 0.282 e. The molecule has 3 aromatic rings. The summed E-state index contributed by atoms with van der Waals surface area (Å²) in [6.07, 6.45) is 2.24. The zero-order chi connectivity index (χ0) is 18.0. The van der Waals surface area contributed by atoms with E-state index in [1.54, 1.807) is 19.4 Å². The molecule has 128 valence electrons. The molecule has 25 heavy (non-hydrogen) atoms. The molecular weight excluding hydrogens is 450 g/mol. The Bertz CT molecular complexity index is 1030. The van der Waals surface area contributed by atoms with Gasteiger partial charge in [-0.1, -0.05) is 22.9 Å². The van der Waals surface area contributed by atoms with Crippen LogP contribution in [0.4, 0.5) is 0 Å². The average Bonchev–Trinajstić information content (AvgIpc) is 2.61. The van der Waals surface area contributed by atoms with Crippen LogP contribution in [-0.4, -0.2) is 23.0 Å². The number of methoxy groups -OCH3 is 1. The Morgan fingerprint density at radius 2 is 2.04 bits per heavy atom. The van der Waals surface area contributed by atoms with Gasteiger partial charge < -0.3 is 4.74 Å². The van der Waals surface area contributed by atoms with Gasteiger partial charge in [-0.25, -0.2) is 4.98 Å². The second-order valence-electron chi connectivity index (χ2n) is 5.30. The van der Waals surface area contributed by atoms with Crippen LogP contribution in [0.15, 0.2) is 55.2 Å². The van der Waals surface area contributed by atoms with Gasteiger partial charge in [-0.05, 0) is 57.9 Å². The highest BCUT2D eigenvalue weighted by molar-refractivity contribution is 9.10. The number of fused-ring (bicyclic) bond motifs is 1. The van der Waals surface area contributed by atoms with Crippen molar-refractivity contribution in [2.24, 2.45) is 5.10 Å². The zero-order valence-electron chi connectivity index (χ0n) is 13.7. The van der Waals surface area contributed by atoms with Crippen molar-refractivity contribution in [1.82, 2.24) is 9.66 Å². The largest absolute Gasteiger partial charge is 0.496 e. The number of aromatic nitrogens is 2.